The maximum Gasteiger partial charge on any atom is 0.261 e. The summed E-state index contributed by atoms with van der Waals surface area (Å²) in [6.07, 6.45) is 1.42. The van der Waals surface area contributed by atoms with Crippen molar-refractivity contribution >= 4 is 40.1 Å². The van der Waals surface area contributed by atoms with Crippen LogP contribution in [0.15, 0.2) is 48.8 Å². The Bertz CT molecular complexity index is 1120. The van der Waals surface area contributed by atoms with E-state index in [4.69, 9.17) is 22.1 Å². The van der Waals surface area contributed by atoms with Crippen LogP contribution in [0.5, 0.6) is 5.75 Å². The molecule has 2 aromatic carbocycles. The molecule has 9 heteroatoms. The molecule has 0 bridgehead atoms. The fourth-order valence-electron chi connectivity index (χ4n) is 3.63. The second kappa shape index (κ2) is 8.77. The molecule has 3 aromatic rings. The van der Waals surface area contributed by atoms with Crippen molar-refractivity contribution in [1.82, 2.24) is 19.8 Å². The first-order valence-corrected chi connectivity index (χ1v) is 10.3. The van der Waals surface area contributed by atoms with Crippen molar-refractivity contribution in [2.45, 2.75) is 19.5 Å². The molecule has 2 N–H and O–H groups in total. The number of piperazine rings is 1. The van der Waals surface area contributed by atoms with E-state index < -0.39 is 6.04 Å². The number of rotatable bonds is 5. The van der Waals surface area contributed by atoms with Gasteiger partial charge in [0.1, 0.15) is 23.9 Å². The molecule has 1 saturated heterocycles. The van der Waals surface area contributed by atoms with Crippen molar-refractivity contribution in [2.24, 2.45) is 0 Å². The second-order valence-electron chi connectivity index (χ2n) is 7.38. The van der Waals surface area contributed by atoms with Gasteiger partial charge in [-0.05, 0) is 48.9 Å². The van der Waals surface area contributed by atoms with Crippen LogP contribution < -0.4 is 10.5 Å². The first kappa shape index (κ1) is 20.9. The van der Waals surface area contributed by atoms with Crippen LogP contribution in [0.4, 0.5) is 5.82 Å². The third-order valence-electron chi connectivity index (χ3n) is 5.35. The standard InChI is InChI=1S/C22H22ClN5O3/c1-14-22(30)27(11-15-2-7-18-19(10-15)25-13-26-21(18)24)8-9-28(14)20(29)12-31-17-5-3-16(23)4-6-17/h2-7,10,13-14H,8-9,11-12H2,1H3,(H2,24,25,26). The molecule has 1 aliphatic rings. The smallest absolute Gasteiger partial charge is 0.261 e. The number of fused-ring (bicyclic) bond motifs is 1. The van der Waals surface area contributed by atoms with Gasteiger partial charge in [0.05, 0.1) is 5.52 Å². The lowest BCUT2D eigenvalue weighted by atomic mass is 10.1. The highest BCUT2D eigenvalue weighted by Gasteiger charge is 2.34. The van der Waals surface area contributed by atoms with Gasteiger partial charge in [0.25, 0.3) is 5.91 Å². The van der Waals surface area contributed by atoms with Gasteiger partial charge in [-0.15, -0.1) is 0 Å². The van der Waals surface area contributed by atoms with Crippen LogP contribution in [0, 0.1) is 0 Å². The van der Waals surface area contributed by atoms with Gasteiger partial charge in [-0.3, -0.25) is 9.59 Å². The molecule has 2 amide bonds. The van der Waals surface area contributed by atoms with E-state index >= 15 is 0 Å². The van der Waals surface area contributed by atoms with E-state index in [2.05, 4.69) is 9.97 Å². The Kier molecular flexibility index (Phi) is 5.90. The van der Waals surface area contributed by atoms with Gasteiger partial charge in [-0.1, -0.05) is 17.7 Å². The van der Waals surface area contributed by atoms with E-state index in [0.29, 0.717) is 36.2 Å². The molecule has 8 nitrogen and oxygen atoms in total. The molecule has 1 unspecified atom stereocenters. The fourth-order valence-corrected chi connectivity index (χ4v) is 3.75. The van der Waals surface area contributed by atoms with Crippen molar-refractivity contribution in [3.8, 4) is 5.75 Å². The normalized spacial score (nSPS) is 16.6. The topological polar surface area (TPSA) is 102 Å². The van der Waals surface area contributed by atoms with Crippen LogP contribution in [0.1, 0.15) is 12.5 Å². The van der Waals surface area contributed by atoms with Crippen LogP contribution in [0.25, 0.3) is 10.9 Å². The first-order chi connectivity index (χ1) is 14.9. The number of aromatic nitrogens is 2. The van der Waals surface area contributed by atoms with Crippen molar-refractivity contribution in [1.29, 1.82) is 0 Å². The largest absolute Gasteiger partial charge is 0.484 e. The molecule has 1 fully saturated rings. The lowest BCUT2D eigenvalue weighted by molar-refractivity contribution is -0.152. The third kappa shape index (κ3) is 4.54. The molecule has 1 aromatic heterocycles. The van der Waals surface area contributed by atoms with E-state index in [0.717, 1.165) is 16.5 Å². The zero-order valence-electron chi connectivity index (χ0n) is 17.0. The third-order valence-corrected chi connectivity index (χ3v) is 5.60. The molecule has 0 saturated carbocycles. The first-order valence-electron chi connectivity index (χ1n) is 9.88. The zero-order valence-corrected chi connectivity index (χ0v) is 17.7. The summed E-state index contributed by atoms with van der Waals surface area (Å²) in [5, 5.41) is 1.37. The monoisotopic (exact) mass is 439 g/mol. The number of nitrogens with zero attached hydrogens (tertiary/aromatic N) is 4. The van der Waals surface area contributed by atoms with E-state index in [1.807, 2.05) is 18.2 Å². The summed E-state index contributed by atoms with van der Waals surface area (Å²) in [7, 11) is 0. The van der Waals surface area contributed by atoms with Crippen molar-refractivity contribution in [2.75, 3.05) is 25.4 Å². The number of hydrogen-bond donors (Lipinski definition) is 1. The fraction of sp³-hybridized carbons (Fsp3) is 0.273. The van der Waals surface area contributed by atoms with Crippen molar-refractivity contribution in [3.63, 3.8) is 0 Å². The summed E-state index contributed by atoms with van der Waals surface area (Å²) in [5.41, 5.74) is 7.55. The average Bonchev–Trinajstić information content (AvgIpc) is 2.76. The Hall–Kier alpha value is -3.39. The van der Waals surface area contributed by atoms with Gasteiger partial charge >= 0.3 is 0 Å². The molecular weight excluding hydrogens is 418 g/mol. The molecule has 1 atom stereocenters. The van der Waals surface area contributed by atoms with E-state index in [-0.39, 0.29) is 18.4 Å². The molecule has 0 aliphatic carbocycles. The Balaban J connectivity index is 1.38. The van der Waals surface area contributed by atoms with Crippen LogP contribution >= 0.6 is 11.6 Å². The van der Waals surface area contributed by atoms with Gasteiger partial charge in [-0.25, -0.2) is 9.97 Å². The Labute approximate surface area is 184 Å². The van der Waals surface area contributed by atoms with Gasteiger partial charge < -0.3 is 20.3 Å². The molecule has 1 aliphatic heterocycles. The maximum absolute atomic E-state index is 12.9. The lowest BCUT2D eigenvalue weighted by Crippen LogP contribution is -2.58. The summed E-state index contributed by atoms with van der Waals surface area (Å²) in [5.74, 6) is 0.645. The SMILES string of the molecule is CC1C(=O)N(Cc2ccc3c(N)ncnc3c2)CCN1C(=O)COc1ccc(Cl)cc1. The summed E-state index contributed by atoms with van der Waals surface area (Å²) >= 11 is 5.85. The van der Waals surface area contributed by atoms with Crippen LogP contribution in [0.3, 0.4) is 0 Å². The highest BCUT2D eigenvalue weighted by Crippen LogP contribution is 2.21. The van der Waals surface area contributed by atoms with E-state index in [1.165, 1.54) is 6.33 Å². The Morgan fingerprint density at radius 3 is 2.74 bits per heavy atom. The van der Waals surface area contributed by atoms with E-state index in [1.54, 1.807) is 41.0 Å². The van der Waals surface area contributed by atoms with Crippen molar-refractivity contribution < 1.29 is 14.3 Å². The summed E-state index contributed by atoms with van der Waals surface area (Å²) in [4.78, 5) is 37.1. The van der Waals surface area contributed by atoms with Crippen LogP contribution in [0.2, 0.25) is 5.02 Å². The van der Waals surface area contributed by atoms with Crippen molar-refractivity contribution in [3.05, 3.63) is 59.4 Å². The number of benzene rings is 2. The lowest BCUT2D eigenvalue weighted by Gasteiger charge is -2.39. The van der Waals surface area contributed by atoms with Gasteiger partial charge in [-0.2, -0.15) is 0 Å². The van der Waals surface area contributed by atoms with Crippen LogP contribution in [-0.2, 0) is 16.1 Å². The predicted molar refractivity (Wildman–Crippen MR) is 117 cm³/mol. The van der Waals surface area contributed by atoms with Gasteiger partial charge in [0, 0.05) is 30.0 Å². The number of halogens is 1. The minimum absolute atomic E-state index is 0.103. The number of nitrogens with two attached hydrogens (primary N) is 1. The average molecular weight is 440 g/mol. The van der Waals surface area contributed by atoms with Gasteiger partial charge in [0.2, 0.25) is 5.91 Å². The number of carbonyl (C=O) groups is 2. The summed E-state index contributed by atoms with van der Waals surface area (Å²) < 4.78 is 5.54. The molecule has 160 valence electrons. The minimum atomic E-state index is -0.562. The van der Waals surface area contributed by atoms with Gasteiger partial charge in [0.15, 0.2) is 6.61 Å². The molecule has 31 heavy (non-hydrogen) atoms. The second-order valence-corrected chi connectivity index (χ2v) is 7.81. The number of hydrogen-bond acceptors (Lipinski definition) is 6. The Morgan fingerprint density at radius 1 is 1.19 bits per heavy atom. The molecule has 0 radical (unpaired) electrons. The van der Waals surface area contributed by atoms with E-state index in [9.17, 15) is 9.59 Å². The number of amides is 2. The quantitative estimate of drug-likeness (QED) is 0.655. The predicted octanol–water partition coefficient (Wildman–Crippen LogP) is 2.50. The van der Waals surface area contributed by atoms with Crippen LogP contribution in [-0.4, -0.2) is 57.3 Å². The summed E-state index contributed by atoms with van der Waals surface area (Å²) in [6.45, 7) is 2.93. The molecular formula is C22H22ClN5O3. The Morgan fingerprint density at radius 2 is 1.97 bits per heavy atom. The highest BCUT2D eigenvalue weighted by molar-refractivity contribution is 6.30. The minimum Gasteiger partial charge on any atom is -0.484 e. The zero-order chi connectivity index (χ0) is 22.0. The maximum atomic E-state index is 12.9. The molecule has 2 heterocycles. The highest BCUT2D eigenvalue weighted by atomic mass is 35.5. The molecule has 4 rings (SSSR count). The number of carbonyl (C=O) groups excluding carboxylic acids is 2. The number of anilines is 1. The number of ether oxygens (including phenoxy) is 1. The molecule has 0 spiro atoms. The summed E-state index contributed by atoms with van der Waals surface area (Å²) in [6, 6.07) is 11.9. The number of nitrogen functional groups attached to an aromatic ring is 1.